The minimum atomic E-state index is -0.564. The van der Waals surface area contributed by atoms with E-state index in [1.54, 1.807) is 0 Å². The lowest BCUT2D eigenvalue weighted by Gasteiger charge is -2.02. The Kier molecular flexibility index (Phi) is 2.19. The number of aliphatic hydroxyl groups is 1. The number of nitro groups is 1. The maximum absolute atomic E-state index is 10.3. The van der Waals surface area contributed by atoms with Crippen LogP contribution in [-0.4, -0.2) is 10.0 Å². The lowest BCUT2D eigenvalue weighted by molar-refractivity contribution is -0.384. The highest BCUT2D eigenvalue weighted by Gasteiger charge is 2.10. The normalized spacial score (nSPS) is 9.54. The molecule has 0 aliphatic rings. The van der Waals surface area contributed by atoms with Gasteiger partial charge < -0.3 is 10.8 Å². The summed E-state index contributed by atoms with van der Waals surface area (Å²) in [7, 11) is 0. The van der Waals surface area contributed by atoms with Crippen molar-refractivity contribution in [3.63, 3.8) is 0 Å². The molecule has 0 radical (unpaired) electrons. The molecule has 0 saturated heterocycles. The molecule has 0 atom stereocenters. The van der Waals surface area contributed by atoms with Crippen molar-refractivity contribution in [3.05, 3.63) is 40.5 Å². The quantitative estimate of drug-likeness (QED) is 0.313. The van der Waals surface area contributed by atoms with Crippen molar-refractivity contribution < 1.29 is 10.0 Å². The van der Waals surface area contributed by atoms with Gasteiger partial charge in [-0.1, -0.05) is 6.58 Å². The Morgan fingerprint density at radius 1 is 1.62 bits per heavy atom. The molecule has 3 N–H and O–H groups in total. The van der Waals surface area contributed by atoms with E-state index in [1.165, 1.54) is 18.2 Å². The van der Waals surface area contributed by atoms with Crippen LogP contribution in [-0.2, 0) is 0 Å². The number of hydrogen-bond donors (Lipinski definition) is 2. The van der Waals surface area contributed by atoms with Crippen molar-refractivity contribution in [2.45, 2.75) is 0 Å². The molecule has 0 saturated carbocycles. The predicted molar refractivity (Wildman–Crippen MR) is 49.2 cm³/mol. The number of nitrogens with zero attached hydrogens (tertiary/aromatic N) is 1. The number of non-ortho nitro benzene ring substituents is 1. The van der Waals surface area contributed by atoms with E-state index in [0.29, 0.717) is 0 Å². The van der Waals surface area contributed by atoms with E-state index in [4.69, 9.17) is 10.8 Å². The van der Waals surface area contributed by atoms with Gasteiger partial charge in [0.2, 0.25) is 0 Å². The summed E-state index contributed by atoms with van der Waals surface area (Å²) in [5.41, 5.74) is 5.77. The van der Waals surface area contributed by atoms with Crippen LogP contribution in [0.15, 0.2) is 24.8 Å². The maximum Gasteiger partial charge on any atom is 0.270 e. The molecular formula is C8H8N2O3. The van der Waals surface area contributed by atoms with Crippen LogP contribution in [0.1, 0.15) is 5.56 Å². The molecule has 0 spiro atoms. The summed E-state index contributed by atoms with van der Waals surface area (Å²) in [4.78, 5) is 9.78. The topological polar surface area (TPSA) is 89.4 Å². The fourth-order valence-electron chi connectivity index (χ4n) is 0.908. The van der Waals surface area contributed by atoms with Crippen LogP contribution in [0.2, 0.25) is 0 Å². The van der Waals surface area contributed by atoms with Gasteiger partial charge in [0.05, 0.1) is 4.92 Å². The molecule has 0 amide bonds. The van der Waals surface area contributed by atoms with Gasteiger partial charge in [0.25, 0.3) is 5.69 Å². The third kappa shape index (κ3) is 1.76. The van der Waals surface area contributed by atoms with E-state index in [0.717, 1.165) is 0 Å². The zero-order valence-corrected chi connectivity index (χ0v) is 6.73. The van der Waals surface area contributed by atoms with Gasteiger partial charge in [-0.3, -0.25) is 10.1 Å². The van der Waals surface area contributed by atoms with Crippen molar-refractivity contribution in [1.29, 1.82) is 0 Å². The summed E-state index contributed by atoms with van der Waals surface area (Å²) in [5, 5.41) is 19.4. The van der Waals surface area contributed by atoms with E-state index >= 15 is 0 Å². The first-order chi connectivity index (χ1) is 6.02. The fraction of sp³-hybridized carbons (Fsp3) is 0. The van der Waals surface area contributed by atoms with Crippen molar-refractivity contribution in [2.75, 3.05) is 5.73 Å². The fourth-order valence-corrected chi connectivity index (χ4v) is 0.908. The highest BCUT2D eigenvalue weighted by atomic mass is 16.6. The molecule has 68 valence electrons. The van der Waals surface area contributed by atoms with E-state index < -0.39 is 4.92 Å². The van der Waals surface area contributed by atoms with E-state index in [1.807, 2.05) is 0 Å². The van der Waals surface area contributed by atoms with Gasteiger partial charge >= 0.3 is 0 Å². The molecule has 0 fully saturated rings. The summed E-state index contributed by atoms with van der Waals surface area (Å²) in [5.74, 6) is -0.277. The monoisotopic (exact) mass is 180 g/mol. The number of nitrogen functional groups attached to an aromatic ring is 1. The molecule has 0 aliphatic heterocycles. The minimum absolute atomic E-state index is 0.126. The highest BCUT2D eigenvalue weighted by molar-refractivity contribution is 5.71. The Bertz CT molecular complexity index is 374. The van der Waals surface area contributed by atoms with Crippen molar-refractivity contribution in [1.82, 2.24) is 0 Å². The summed E-state index contributed by atoms with van der Waals surface area (Å²) in [6.07, 6.45) is 0. The van der Waals surface area contributed by atoms with Crippen LogP contribution >= 0.6 is 0 Å². The number of aliphatic hydroxyl groups excluding tert-OH is 1. The molecule has 1 aromatic rings. The molecule has 5 heteroatoms. The number of nitrogens with two attached hydrogens (primary N) is 1. The zero-order valence-electron chi connectivity index (χ0n) is 6.73. The van der Waals surface area contributed by atoms with Gasteiger partial charge in [0.15, 0.2) is 0 Å². The Balaban J connectivity index is 3.27. The lowest BCUT2D eigenvalue weighted by Crippen LogP contribution is -1.95. The molecule has 0 aliphatic carbocycles. The maximum atomic E-state index is 10.3. The standard InChI is InChI=1S/C8H8N2O3/c1-5(11)7-4-6(10(12)13)2-3-8(7)9/h2-4,11H,1,9H2. The lowest BCUT2D eigenvalue weighted by atomic mass is 10.1. The van der Waals surface area contributed by atoms with Gasteiger partial charge in [-0.05, 0) is 6.07 Å². The second kappa shape index (κ2) is 3.14. The second-order valence-corrected chi connectivity index (χ2v) is 2.48. The predicted octanol–water partition coefficient (Wildman–Crippen LogP) is 1.71. The Hall–Kier alpha value is -2.04. The number of rotatable bonds is 2. The molecule has 0 heterocycles. The Labute approximate surface area is 74.3 Å². The number of anilines is 1. The number of nitro benzene ring substituents is 1. The second-order valence-electron chi connectivity index (χ2n) is 2.48. The van der Waals surface area contributed by atoms with Gasteiger partial charge in [-0.15, -0.1) is 0 Å². The summed E-state index contributed by atoms with van der Waals surface area (Å²) in [6.45, 7) is 3.24. The minimum Gasteiger partial charge on any atom is -0.508 e. The zero-order chi connectivity index (χ0) is 10.0. The third-order valence-corrected chi connectivity index (χ3v) is 1.56. The molecule has 0 bridgehead atoms. The van der Waals surface area contributed by atoms with E-state index in [-0.39, 0.29) is 22.7 Å². The van der Waals surface area contributed by atoms with Crippen molar-refractivity contribution >= 4 is 17.1 Å². The molecular weight excluding hydrogens is 172 g/mol. The molecule has 5 nitrogen and oxygen atoms in total. The molecule has 0 aromatic heterocycles. The molecule has 13 heavy (non-hydrogen) atoms. The first kappa shape index (κ1) is 9.05. The van der Waals surface area contributed by atoms with Crippen molar-refractivity contribution in [3.8, 4) is 0 Å². The Morgan fingerprint density at radius 2 is 2.23 bits per heavy atom. The number of benzene rings is 1. The van der Waals surface area contributed by atoms with Crippen LogP contribution in [0.3, 0.4) is 0 Å². The molecule has 1 rings (SSSR count). The third-order valence-electron chi connectivity index (χ3n) is 1.56. The van der Waals surface area contributed by atoms with Crippen LogP contribution < -0.4 is 5.73 Å². The average molecular weight is 180 g/mol. The van der Waals surface area contributed by atoms with Crippen LogP contribution in [0, 0.1) is 10.1 Å². The van der Waals surface area contributed by atoms with E-state index in [9.17, 15) is 10.1 Å². The average Bonchev–Trinajstić information content (AvgIpc) is 2.04. The summed E-state index contributed by atoms with van der Waals surface area (Å²) >= 11 is 0. The van der Waals surface area contributed by atoms with Gasteiger partial charge in [0.1, 0.15) is 5.76 Å². The first-order valence-electron chi connectivity index (χ1n) is 3.44. The van der Waals surface area contributed by atoms with E-state index in [2.05, 4.69) is 6.58 Å². The number of hydrogen-bond acceptors (Lipinski definition) is 4. The Morgan fingerprint density at radius 3 is 2.69 bits per heavy atom. The van der Waals surface area contributed by atoms with Crippen molar-refractivity contribution in [2.24, 2.45) is 0 Å². The summed E-state index contributed by atoms with van der Waals surface area (Å²) in [6, 6.07) is 3.80. The smallest absolute Gasteiger partial charge is 0.270 e. The molecule has 0 unspecified atom stereocenters. The van der Waals surface area contributed by atoms with Crippen LogP contribution in [0.4, 0.5) is 11.4 Å². The van der Waals surface area contributed by atoms with Crippen LogP contribution in [0.25, 0.3) is 5.76 Å². The first-order valence-corrected chi connectivity index (χ1v) is 3.44. The largest absolute Gasteiger partial charge is 0.508 e. The van der Waals surface area contributed by atoms with Gasteiger partial charge in [-0.25, -0.2) is 0 Å². The highest BCUT2D eigenvalue weighted by Crippen LogP contribution is 2.23. The van der Waals surface area contributed by atoms with Crippen LogP contribution in [0.5, 0.6) is 0 Å². The summed E-state index contributed by atoms with van der Waals surface area (Å²) < 4.78 is 0. The molecule has 1 aromatic carbocycles. The van der Waals surface area contributed by atoms with Gasteiger partial charge in [-0.2, -0.15) is 0 Å². The SMILES string of the molecule is C=C(O)c1cc([N+](=O)[O-])ccc1N. The van der Waals surface area contributed by atoms with Gasteiger partial charge in [0, 0.05) is 23.4 Å².